The molecule has 3 aromatic rings. The maximum atomic E-state index is 12.6. The molecule has 1 saturated heterocycles. The molecule has 35 heavy (non-hydrogen) atoms. The number of methoxy groups -OCH3 is 1. The zero-order valence-electron chi connectivity index (χ0n) is 18.9. The molecule has 1 fully saturated rings. The van der Waals surface area contributed by atoms with Gasteiger partial charge in [0.2, 0.25) is 11.8 Å². The lowest BCUT2D eigenvalue weighted by Crippen LogP contribution is -2.30. The topological polar surface area (TPSA) is 80.2 Å². The lowest BCUT2D eigenvalue weighted by atomic mass is 10.1. The van der Waals surface area contributed by atoms with Crippen molar-refractivity contribution >= 4 is 46.9 Å². The monoisotopic (exact) mass is 511 g/mol. The third-order valence-electron chi connectivity index (χ3n) is 5.52. The Kier molecular flexibility index (Phi) is 7.90. The van der Waals surface area contributed by atoms with Gasteiger partial charge in [-0.2, -0.15) is 5.10 Å². The molecule has 180 valence electrons. The number of carbonyl (C=O) groups excluding carboxylic acids is 2. The number of halogens is 2. The number of anilines is 1. The summed E-state index contributed by atoms with van der Waals surface area (Å²) in [6.07, 6.45) is 1.66. The van der Waals surface area contributed by atoms with Crippen molar-refractivity contribution in [2.75, 3.05) is 18.6 Å². The first-order valence-electron chi connectivity index (χ1n) is 10.9. The number of benzene rings is 3. The molecule has 1 atom stereocenters. The van der Waals surface area contributed by atoms with Gasteiger partial charge in [-0.3, -0.25) is 9.59 Å². The smallest absolute Gasteiger partial charge is 0.245 e. The second kappa shape index (κ2) is 11.3. The predicted octanol–water partition coefficient (Wildman–Crippen LogP) is 5.08. The van der Waals surface area contributed by atoms with Gasteiger partial charge in [0.15, 0.2) is 0 Å². The number of carbonyl (C=O) groups is 2. The third kappa shape index (κ3) is 6.32. The van der Waals surface area contributed by atoms with Crippen LogP contribution in [0.2, 0.25) is 10.0 Å². The van der Waals surface area contributed by atoms with E-state index in [2.05, 4.69) is 10.5 Å². The van der Waals surface area contributed by atoms with Crippen LogP contribution in [0.1, 0.15) is 17.5 Å². The summed E-state index contributed by atoms with van der Waals surface area (Å²) < 4.78 is 11.0. The summed E-state index contributed by atoms with van der Waals surface area (Å²) in [7, 11) is 1.58. The normalized spacial score (nSPS) is 15.5. The standard InChI is InChI=1S/C26H23Cl2N3O4/c1-34-21-8-6-20(7-9-21)31-15-19(13-25(31)32)26(33)30-29-14-17-3-2-4-22(11-17)35-16-18-5-10-23(27)24(28)12-18/h2-12,14,19H,13,15-16H2,1H3,(H,30,33)/b29-14+/t19-/m0/s1. The van der Waals surface area contributed by atoms with Crippen molar-refractivity contribution in [1.82, 2.24) is 5.43 Å². The Morgan fingerprint density at radius 3 is 2.63 bits per heavy atom. The van der Waals surface area contributed by atoms with E-state index in [9.17, 15) is 9.59 Å². The van der Waals surface area contributed by atoms with Crippen molar-refractivity contribution in [3.8, 4) is 11.5 Å². The second-order valence-corrected chi connectivity index (χ2v) is 8.76. The van der Waals surface area contributed by atoms with Crippen LogP contribution in [-0.4, -0.2) is 31.7 Å². The minimum absolute atomic E-state index is 0.105. The molecule has 0 radical (unpaired) electrons. The van der Waals surface area contributed by atoms with Crippen LogP contribution in [0.25, 0.3) is 0 Å². The summed E-state index contributed by atoms with van der Waals surface area (Å²) in [6, 6.07) is 19.8. The fourth-order valence-corrected chi connectivity index (χ4v) is 3.96. The van der Waals surface area contributed by atoms with Gasteiger partial charge in [-0.25, -0.2) is 5.43 Å². The van der Waals surface area contributed by atoms with E-state index in [1.807, 2.05) is 24.3 Å². The van der Waals surface area contributed by atoms with Gasteiger partial charge < -0.3 is 14.4 Å². The number of hydrogen-bond donors (Lipinski definition) is 1. The molecule has 0 aromatic heterocycles. The van der Waals surface area contributed by atoms with Crippen molar-refractivity contribution in [1.29, 1.82) is 0 Å². The number of hydrazone groups is 1. The van der Waals surface area contributed by atoms with E-state index < -0.39 is 5.92 Å². The molecule has 4 rings (SSSR count). The first-order chi connectivity index (χ1) is 16.9. The highest BCUT2D eigenvalue weighted by Crippen LogP contribution is 2.27. The summed E-state index contributed by atoms with van der Waals surface area (Å²) in [6.45, 7) is 0.624. The molecule has 1 aliphatic heterocycles. The predicted molar refractivity (Wildman–Crippen MR) is 136 cm³/mol. The van der Waals surface area contributed by atoms with Crippen LogP contribution < -0.4 is 19.8 Å². The Morgan fingerprint density at radius 1 is 1.09 bits per heavy atom. The average molecular weight is 512 g/mol. The molecule has 1 aliphatic rings. The lowest BCUT2D eigenvalue weighted by molar-refractivity contribution is -0.126. The van der Waals surface area contributed by atoms with Crippen LogP contribution in [0.4, 0.5) is 5.69 Å². The third-order valence-corrected chi connectivity index (χ3v) is 6.25. The first-order valence-corrected chi connectivity index (χ1v) is 11.6. The fourth-order valence-electron chi connectivity index (χ4n) is 3.64. The van der Waals surface area contributed by atoms with Gasteiger partial charge in [0.05, 0.1) is 29.3 Å². The van der Waals surface area contributed by atoms with Crippen LogP contribution in [0.5, 0.6) is 11.5 Å². The van der Waals surface area contributed by atoms with Gasteiger partial charge in [0.25, 0.3) is 0 Å². The number of ether oxygens (including phenoxy) is 2. The lowest BCUT2D eigenvalue weighted by Gasteiger charge is -2.16. The van der Waals surface area contributed by atoms with Crippen molar-refractivity contribution in [3.63, 3.8) is 0 Å². The highest BCUT2D eigenvalue weighted by atomic mass is 35.5. The zero-order valence-corrected chi connectivity index (χ0v) is 20.4. The van der Waals surface area contributed by atoms with E-state index in [0.29, 0.717) is 34.7 Å². The van der Waals surface area contributed by atoms with Gasteiger partial charge in [0, 0.05) is 18.7 Å². The molecular weight excluding hydrogens is 489 g/mol. The van der Waals surface area contributed by atoms with Crippen molar-refractivity contribution in [2.24, 2.45) is 11.0 Å². The molecule has 3 aromatic carbocycles. The molecule has 0 unspecified atom stereocenters. The second-order valence-electron chi connectivity index (χ2n) is 7.95. The van der Waals surface area contributed by atoms with E-state index in [1.165, 1.54) is 6.21 Å². The Morgan fingerprint density at radius 2 is 1.89 bits per heavy atom. The number of nitrogens with zero attached hydrogens (tertiary/aromatic N) is 2. The van der Waals surface area contributed by atoms with Crippen LogP contribution >= 0.6 is 23.2 Å². The Balaban J connectivity index is 1.30. The van der Waals surface area contributed by atoms with Crippen LogP contribution in [-0.2, 0) is 16.2 Å². The maximum Gasteiger partial charge on any atom is 0.245 e. The summed E-state index contributed by atoms with van der Waals surface area (Å²) in [5.41, 5.74) is 4.90. The number of rotatable bonds is 8. The first kappa shape index (κ1) is 24.6. The fraction of sp³-hybridized carbons (Fsp3) is 0.192. The van der Waals surface area contributed by atoms with Crippen molar-refractivity contribution in [2.45, 2.75) is 13.0 Å². The summed E-state index contributed by atoms with van der Waals surface area (Å²) in [5, 5.41) is 5.02. The Hall–Kier alpha value is -3.55. The minimum atomic E-state index is -0.484. The van der Waals surface area contributed by atoms with E-state index in [0.717, 1.165) is 16.8 Å². The van der Waals surface area contributed by atoms with Crippen molar-refractivity contribution in [3.05, 3.63) is 87.9 Å². The van der Waals surface area contributed by atoms with E-state index in [4.69, 9.17) is 32.7 Å². The number of nitrogens with one attached hydrogen (secondary N) is 1. The highest BCUT2D eigenvalue weighted by molar-refractivity contribution is 6.42. The molecule has 0 spiro atoms. The van der Waals surface area contributed by atoms with E-state index >= 15 is 0 Å². The van der Waals surface area contributed by atoms with Gasteiger partial charge in [0.1, 0.15) is 18.1 Å². The molecule has 9 heteroatoms. The molecule has 7 nitrogen and oxygen atoms in total. The van der Waals surface area contributed by atoms with Crippen molar-refractivity contribution < 1.29 is 19.1 Å². The van der Waals surface area contributed by atoms with Crippen LogP contribution in [0, 0.1) is 5.92 Å². The molecular formula is C26H23Cl2N3O4. The SMILES string of the molecule is COc1ccc(N2C[C@@H](C(=O)N/N=C/c3cccc(OCc4ccc(Cl)c(Cl)c4)c3)CC2=O)cc1. The Labute approximate surface area is 213 Å². The highest BCUT2D eigenvalue weighted by Gasteiger charge is 2.35. The molecule has 0 saturated carbocycles. The number of amides is 2. The van der Waals surface area contributed by atoms with E-state index in [1.54, 1.807) is 54.5 Å². The summed E-state index contributed by atoms with van der Waals surface area (Å²) in [5.74, 6) is 0.446. The van der Waals surface area contributed by atoms with Gasteiger partial charge in [-0.1, -0.05) is 41.4 Å². The quantitative estimate of drug-likeness (QED) is 0.337. The molecule has 2 amide bonds. The van der Waals surface area contributed by atoms with Crippen LogP contribution in [0.15, 0.2) is 71.8 Å². The largest absolute Gasteiger partial charge is 0.497 e. The molecule has 1 heterocycles. The maximum absolute atomic E-state index is 12.6. The minimum Gasteiger partial charge on any atom is -0.497 e. The van der Waals surface area contributed by atoms with Gasteiger partial charge in [-0.05, 0) is 59.7 Å². The zero-order chi connectivity index (χ0) is 24.8. The van der Waals surface area contributed by atoms with E-state index in [-0.39, 0.29) is 18.2 Å². The summed E-state index contributed by atoms with van der Waals surface area (Å²) >= 11 is 12.0. The van der Waals surface area contributed by atoms with Crippen LogP contribution in [0.3, 0.4) is 0 Å². The Bertz CT molecular complexity index is 1250. The number of hydrogen-bond acceptors (Lipinski definition) is 5. The van der Waals surface area contributed by atoms with Gasteiger partial charge >= 0.3 is 0 Å². The summed E-state index contributed by atoms with van der Waals surface area (Å²) in [4.78, 5) is 26.6. The molecule has 0 bridgehead atoms. The average Bonchev–Trinajstić information content (AvgIpc) is 3.26. The molecule has 0 aliphatic carbocycles. The van der Waals surface area contributed by atoms with Gasteiger partial charge in [-0.15, -0.1) is 0 Å². The molecule has 1 N–H and O–H groups in total.